The van der Waals surface area contributed by atoms with E-state index in [1.54, 1.807) is 25.1 Å². The summed E-state index contributed by atoms with van der Waals surface area (Å²) in [5.74, 6) is -0.173. The van der Waals surface area contributed by atoms with Gasteiger partial charge in [0, 0.05) is 0 Å². The molecule has 1 aliphatic heterocycles. The number of carbonyl (C=O) groups is 2. The highest BCUT2D eigenvalue weighted by atomic mass is 32.2. The zero-order valence-electron chi connectivity index (χ0n) is 14.8. The van der Waals surface area contributed by atoms with E-state index < -0.39 is 17.9 Å². The summed E-state index contributed by atoms with van der Waals surface area (Å²) < 4.78 is 16.1. The fourth-order valence-electron chi connectivity index (χ4n) is 2.55. The number of aliphatic carboxylic acids is 1. The van der Waals surface area contributed by atoms with E-state index in [-0.39, 0.29) is 10.7 Å². The van der Waals surface area contributed by atoms with Crippen molar-refractivity contribution in [1.29, 1.82) is 0 Å². The fourth-order valence-corrected chi connectivity index (χ4v) is 3.91. The van der Waals surface area contributed by atoms with Crippen LogP contribution < -0.4 is 14.2 Å². The van der Waals surface area contributed by atoms with Crippen LogP contribution in [0.15, 0.2) is 17.0 Å². The van der Waals surface area contributed by atoms with E-state index in [4.69, 9.17) is 26.4 Å². The summed E-state index contributed by atoms with van der Waals surface area (Å²) in [4.78, 5) is 25.5. The van der Waals surface area contributed by atoms with Gasteiger partial charge in [0.25, 0.3) is 5.91 Å². The van der Waals surface area contributed by atoms with Crippen molar-refractivity contribution in [3.05, 3.63) is 22.6 Å². The number of hydrogen-bond donors (Lipinski definition) is 1. The van der Waals surface area contributed by atoms with Gasteiger partial charge in [-0.25, -0.2) is 4.79 Å². The maximum Gasteiger partial charge on any atom is 0.326 e. The van der Waals surface area contributed by atoms with Gasteiger partial charge in [0.2, 0.25) is 5.75 Å². The van der Waals surface area contributed by atoms with Crippen LogP contribution in [0.2, 0.25) is 0 Å². The van der Waals surface area contributed by atoms with E-state index in [1.807, 2.05) is 0 Å². The minimum absolute atomic E-state index is 0.225. The molecule has 1 amide bonds. The van der Waals surface area contributed by atoms with Gasteiger partial charge in [0.05, 0.1) is 26.2 Å². The molecule has 2 rings (SSSR count). The van der Waals surface area contributed by atoms with Crippen molar-refractivity contribution in [1.82, 2.24) is 4.90 Å². The number of rotatable bonds is 7. The summed E-state index contributed by atoms with van der Waals surface area (Å²) in [6, 6.07) is 2.42. The number of carboxylic acids is 1. The SMILES string of the molecule is CC[C@H](C(=O)O)N1C(=O)/C(=C/c2cc(OC)c(OC)c(OC)c2)SC1=S. The van der Waals surface area contributed by atoms with Crippen molar-refractivity contribution in [3.63, 3.8) is 0 Å². The standard InChI is InChI=1S/C17H19NO6S2/c1-5-10(16(20)21)18-15(19)13(26-17(18)25)8-9-6-11(22-2)14(24-4)12(7-9)23-3/h6-8,10H,5H2,1-4H3,(H,20,21)/b13-8-/t10-/m1/s1. The smallest absolute Gasteiger partial charge is 0.326 e. The number of ether oxygens (including phenoxy) is 3. The number of thiocarbonyl (C=S) groups is 1. The summed E-state index contributed by atoms with van der Waals surface area (Å²) in [6.45, 7) is 1.69. The third-order valence-corrected chi connectivity index (χ3v) is 5.12. The molecule has 1 N–H and O–H groups in total. The normalized spacial score (nSPS) is 16.8. The van der Waals surface area contributed by atoms with Crippen molar-refractivity contribution < 1.29 is 28.9 Å². The molecule has 0 saturated carbocycles. The average molecular weight is 397 g/mol. The summed E-state index contributed by atoms with van der Waals surface area (Å²) >= 11 is 6.27. The Balaban J connectivity index is 2.43. The van der Waals surface area contributed by atoms with Crippen molar-refractivity contribution in [2.45, 2.75) is 19.4 Å². The van der Waals surface area contributed by atoms with E-state index in [9.17, 15) is 14.7 Å². The fraction of sp³-hybridized carbons (Fsp3) is 0.353. The minimum Gasteiger partial charge on any atom is -0.493 e. The van der Waals surface area contributed by atoms with Crippen LogP contribution in [0.5, 0.6) is 17.2 Å². The Hall–Kier alpha value is -2.26. The predicted molar refractivity (Wildman–Crippen MR) is 103 cm³/mol. The van der Waals surface area contributed by atoms with Crippen LogP contribution in [0.1, 0.15) is 18.9 Å². The van der Waals surface area contributed by atoms with Gasteiger partial charge in [0.1, 0.15) is 10.4 Å². The zero-order valence-corrected chi connectivity index (χ0v) is 16.4. The van der Waals surface area contributed by atoms with Crippen LogP contribution in [0.25, 0.3) is 6.08 Å². The lowest BCUT2D eigenvalue weighted by Gasteiger charge is -2.21. The number of hydrogen-bond acceptors (Lipinski definition) is 7. The molecule has 1 saturated heterocycles. The van der Waals surface area contributed by atoms with E-state index >= 15 is 0 Å². The number of benzene rings is 1. The lowest BCUT2D eigenvalue weighted by molar-refractivity contribution is -0.145. The van der Waals surface area contributed by atoms with Crippen molar-refractivity contribution in [3.8, 4) is 17.2 Å². The number of thioether (sulfide) groups is 1. The number of methoxy groups -OCH3 is 3. The van der Waals surface area contributed by atoms with Gasteiger partial charge >= 0.3 is 5.97 Å². The van der Waals surface area contributed by atoms with Crippen LogP contribution in [0, 0.1) is 0 Å². The minimum atomic E-state index is -1.09. The molecular weight excluding hydrogens is 378 g/mol. The Morgan fingerprint density at radius 3 is 2.27 bits per heavy atom. The van der Waals surface area contributed by atoms with Crippen LogP contribution in [0.4, 0.5) is 0 Å². The van der Waals surface area contributed by atoms with Gasteiger partial charge in [0.15, 0.2) is 11.5 Å². The van der Waals surface area contributed by atoms with Crippen LogP contribution in [0.3, 0.4) is 0 Å². The third-order valence-electron chi connectivity index (χ3n) is 3.79. The predicted octanol–water partition coefficient (Wildman–Crippen LogP) is 2.78. The van der Waals surface area contributed by atoms with Gasteiger partial charge in [-0.15, -0.1) is 0 Å². The van der Waals surface area contributed by atoms with Crippen molar-refractivity contribution in [2.24, 2.45) is 0 Å². The molecule has 140 valence electrons. The number of amides is 1. The van der Waals surface area contributed by atoms with Crippen LogP contribution in [-0.2, 0) is 9.59 Å². The second-order valence-corrected chi connectivity index (χ2v) is 6.95. The molecule has 7 nitrogen and oxygen atoms in total. The van der Waals surface area contributed by atoms with E-state index in [0.29, 0.717) is 27.7 Å². The monoisotopic (exact) mass is 397 g/mol. The highest BCUT2D eigenvalue weighted by molar-refractivity contribution is 8.26. The van der Waals surface area contributed by atoms with E-state index in [0.717, 1.165) is 16.7 Å². The summed E-state index contributed by atoms with van der Waals surface area (Å²) in [5.41, 5.74) is 0.642. The molecule has 0 unspecified atom stereocenters. The van der Waals surface area contributed by atoms with Crippen molar-refractivity contribution in [2.75, 3.05) is 21.3 Å². The molecule has 1 aliphatic rings. The first-order valence-electron chi connectivity index (χ1n) is 7.67. The van der Waals surface area contributed by atoms with Gasteiger partial charge in [-0.05, 0) is 30.2 Å². The topological polar surface area (TPSA) is 85.3 Å². The maximum atomic E-state index is 12.7. The quantitative estimate of drug-likeness (QED) is 0.555. The van der Waals surface area contributed by atoms with Gasteiger partial charge in [-0.3, -0.25) is 9.69 Å². The molecule has 9 heteroatoms. The number of carbonyl (C=O) groups excluding carboxylic acids is 1. The van der Waals surface area contributed by atoms with Gasteiger partial charge in [-0.2, -0.15) is 0 Å². The zero-order chi connectivity index (χ0) is 19.4. The third kappa shape index (κ3) is 3.78. The van der Waals surface area contributed by atoms with Crippen LogP contribution >= 0.6 is 24.0 Å². The molecule has 1 heterocycles. The molecule has 0 spiro atoms. The maximum absolute atomic E-state index is 12.7. The first kappa shape index (κ1) is 20.1. The van der Waals surface area contributed by atoms with Crippen LogP contribution in [-0.4, -0.2) is 53.6 Å². The summed E-state index contributed by atoms with van der Waals surface area (Å²) in [7, 11) is 4.50. The van der Waals surface area contributed by atoms with Crippen molar-refractivity contribution >= 4 is 46.3 Å². The highest BCUT2D eigenvalue weighted by Gasteiger charge is 2.39. The second kappa shape index (κ2) is 8.41. The van der Waals surface area contributed by atoms with E-state index in [1.165, 1.54) is 21.3 Å². The number of carboxylic acid groups (broad SMARTS) is 1. The Morgan fingerprint density at radius 2 is 1.85 bits per heavy atom. The summed E-state index contributed by atoms with van der Waals surface area (Å²) in [6.07, 6.45) is 1.89. The summed E-state index contributed by atoms with van der Waals surface area (Å²) in [5, 5.41) is 9.31. The Kier molecular flexibility index (Phi) is 6.49. The first-order valence-corrected chi connectivity index (χ1v) is 8.90. The first-order chi connectivity index (χ1) is 12.4. The Morgan fingerprint density at radius 1 is 1.27 bits per heavy atom. The lowest BCUT2D eigenvalue weighted by atomic mass is 10.1. The molecule has 26 heavy (non-hydrogen) atoms. The molecule has 0 radical (unpaired) electrons. The number of nitrogens with zero attached hydrogens (tertiary/aromatic N) is 1. The van der Waals surface area contributed by atoms with Gasteiger partial charge < -0.3 is 19.3 Å². The molecule has 1 aromatic rings. The van der Waals surface area contributed by atoms with E-state index in [2.05, 4.69) is 0 Å². The largest absolute Gasteiger partial charge is 0.493 e. The lowest BCUT2D eigenvalue weighted by Crippen LogP contribution is -2.43. The molecule has 0 aliphatic carbocycles. The molecular formula is C17H19NO6S2. The molecule has 0 aromatic heterocycles. The molecule has 0 bridgehead atoms. The Bertz CT molecular complexity index is 752. The molecule has 1 atom stereocenters. The average Bonchev–Trinajstić information content (AvgIpc) is 2.88. The molecule has 1 fully saturated rings. The molecule has 1 aromatic carbocycles. The highest BCUT2D eigenvalue weighted by Crippen LogP contribution is 2.40. The Labute approximate surface area is 160 Å². The second-order valence-electron chi connectivity index (χ2n) is 5.27. The van der Waals surface area contributed by atoms with Gasteiger partial charge in [-0.1, -0.05) is 30.9 Å².